The lowest BCUT2D eigenvalue weighted by atomic mass is 9.89. The van der Waals surface area contributed by atoms with Gasteiger partial charge in [0.2, 0.25) is 5.91 Å². The van der Waals surface area contributed by atoms with Crippen molar-refractivity contribution in [2.45, 2.75) is 31.6 Å². The molecular formula is C30H32FN7O3. The molecule has 1 aromatic carbocycles. The number of piperidine rings is 1. The molecule has 41 heavy (non-hydrogen) atoms. The van der Waals surface area contributed by atoms with E-state index in [4.69, 9.17) is 4.74 Å². The molecule has 0 atom stereocenters. The van der Waals surface area contributed by atoms with Crippen molar-refractivity contribution in [1.29, 1.82) is 0 Å². The van der Waals surface area contributed by atoms with Gasteiger partial charge in [0.15, 0.2) is 0 Å². The minimum absolute atomic E-state index is 0.0487. The van der Waals surface area contributed by atoms with Gasteiger partial charge in [0, 0.05) is 50.6 Å². The van der Waals surface area contributed by atoms with Gasteiger partial charge in [-0.2, -0.15) is 0 Å². The van der Waals surface area contributed by atoms with Crippen LogP contribution in [0, 0.1) is 11.7 Å². The van der Waals surface area contributed by atoms with Gasteiger partial charge in [-0.3, -0.25) is 4.79 Å². The van der Waals surface area contributed by atoms with Crippen LogP contribution < -0.4 is 15.4 Å². The number of aromatic nitrogens is 4. The highest BCUT2D eigenvalue weighted by Crippen LogP contribution is 2.37. The average molecular weight is 558 g/mol. The van der Waals surface area contributed by atoms with Crippen LogP contribution in [-0.4, -0.2) is 57.2 Å². The fourth-order valence-corrected chi connectivity index (χ4v) is 4.71. The van der Waals surface area contributed by atoms with Gasteiger partial charge >= 0.3 is 0 Å². The van der Waals surface area contributed by atoms with Gasteiger partial charge in [0.1, 0.15) is 47.2 Å². The first kappa shape index (κ1) is 27.8. The summed E-state index contributed by atoms with van der Waals surface area (Å²) in [6.45, 7) is 4.88. The number of nitrogens with zero attached hydrogens (tertiary/aromatic N) is 4. The first-order chi connectivity index (χ1) is 20.0. The Hall–Kier alpha value is -4.80. The van der Waals surface area contributed by atoms with E-state index in [1.54, 1.807) is 42.4 Å². The minimum atomic E-state index is -0.476. The number of rotatable bonds is 8. The number of nitrogens with one attached hydrogen (secondary N) is 3. The largest absolute Gasteiger partial charge is 0.457 e. The molecule has 0 bridgehead atoms. The number of pyridine rings is 1. The molecule has 3 aromatic heterocycles. The molecule has 0 spiro atoms. The number of likely N-dealkylation sites (tertiary alicyclic amines) is 1. The van der Waals surface area contributed by atoms with E-state index in [2.05, 4.69) is 37.1 Å². The van der Waals surface area contributed by atoms with E-state index in [-0.39, 0.29) is 17.5 Å². The van der Waals surface area contributed by atoms with Gasteiger partial charge < -0.3 is 30.0 Å². The van der Waals surface area contributed by atoms with Gasteiger partial charge in [-0.25, -0.2) is 19.3 Å². The van der Waals surface area contributed by atoms with Gasteiger partial charge in [-0.15, -0.1) is 0 Å². The van der Waals surface area contributed by atoms with E-state index >= 15 is 4.39 Å². The van der Waals surface area contributed by atoms with Crippen molar-refractivity contribution in [1.82, 2.24) is 24.8 Å². The Balaban J connectivity index is 0.000000610. The summed E-state index contributed by atoms with van der Waals surface area (Å²) in [5.74, 6) is 2.23. The van der Waals surface area contributed by atoms with Crippen molar-refractivity contribution in [3.63, 3.8) is 0 Å². The minimum Gasteiger partial charge on any atom is -0.457 e. The summed E-state index contributed by atoms with van der Waals surface area (Å²) in [6, 6.07) is 8.06. The van der Waals surface area contributed by atoms with Crippen LogP contribution in [0.15, 0.2) is 61.7 Å². The topological polar surface area (TPSA) is 125 Å². The lowest BCUT2D eigenvalue weighted by Crippen LogP contribution is -2.36. The van der Waals surface area contributed by atoms with Gasteiger partial charge in [-0.05, 0) is 61.4 Å². The Labute approximate surface area is 237 Å². The molecule has 4 heterocycles. The number of benzene rings is 1. The second kappa shape index (κ2) is 12.6. The number of carbonyl (C=O) groups excluding carboxylic acids is 2. The quantitative estimate of drug-likeness (QED) is 0.190. The number of anilines is 3. The molecule has 2 aliphatic rings. The van der Waals surface area contributed by atoms with Crippen LogP contribution in [0.25, 0.3) is 11.0 Å². The van der Waals surface area contributed by atoms with Gasteiger partial charge in [0.25, 0.3) is 0 Å². The third-order valence-corrected chi connectivity index (χ3v) is 7.15. The van der Waals surface area contributed by atoms with Gasteiger partial charge in [-0.1, -0.05) is 6.58 Å². The number of amides is 1. The maximum absolute atomic E-state index is 15.1. The lowest BCUT2D eigenvalue weighted by Gasteiger charge is -2.31. The molecule has 3 N–H and O–H groups in total. The number of hydrogen-bond donors (Lipinski definition) is 3. The number of ether oxygens (including phenoxy) is 1. The summed E-state index contributed by atoms with van der Waals surface area (Å²) in [5, 5.41) is 6.89. The zero-order valence-corrected chi connectivity index (χ0v) is 22.8. The van der Waals surface area contributed by atoms with Crippen LogP contribution in [0.1, 0.15) is 37.2 Å². The van der Waals surface area contributed by atoms with Crippen molar-refractivity contribution in [3.8, 4) is 11.5 Å². The highest BCUT2D eigenvalue weighted by molar-refractivity contribution is 5.92. The zero-order valence-electron chi connectivity index (χ0n) is 22.8. The van der Waals surface area contributed by atoms with Crippen LogP contribution >= 0.6 is 0 Å². The van der Waals surface area contributed by atoms with Crippen molar-refractivity contribution < 1.29 is 18.7 Å². The number of carbonyl (C=O) groups is 2. The molecule has 1 saturated carbocycles. The standard InChI is InChI=1S/C26H26FN7O2.C4H6O/c1-3-23(35)34-10-7-16(8-11-34)19-14-30-25-24(19)26(32-15-31-25)33-21-5-4-17(12-20(21)27)36-18-6-9-29-22(13-18)28-2;5-3-4-1-2-4/h3-6,9,12-16H,1,7-8,10-11H2,2H3,(H,28,29)(H2,30,31,32,33);3-4H,1-2H2. The second-order valence-electron chi connectivity index (χ2n) is 9.96. The molecule has 1 aliphatic carbocycles. The van der Waals surface area contributed by atoms with Crippen LogP contribution in [-0.2, 0) is 9.59 Å². The average Bonchev–Trinajstić information content (AvgIpc) is 3.76. The number of fused-ring (bicyclic) bond motifs is 1. The number of hydrogen-bond acceptors (Lipinski definition) is 8. The molecular weight excluding hydrogens is 525 g/mol. The molecule has 6 rings (SSSR count). The first-order valence-electron chi connectivity index (χ1n) is 13.6. The monoisotopic (exact) mass is 557 g/mol. The molecule has 0 radical (unpaired) electrons. The Morgan fingerprint density at radius 1 is 1.12 bits per heavy atom. The SMILES string of the molecule is C=CC(=O)N1CCC(c2c[nH]c3ncnc(Nc4ccc(Oc5ccnc(NC)c5)cc4F)c23)CC1.O=CC1CC1. The Morgan fingerprint density at radius 3 is 2.56 bits per heavy atom. The molecule has 10 nitrogen and oxygen atoms in total. The number of H-pyrrole nitrogens is 1. The second-order valence-corrected chi connectivity index (χ2v) is 9.96. The maximum atomic E-state index is 15.1. The van der Waals surface area contributed by atoms with E-state index in [1.807, 2.05) is 6.20 Å². The molecule has 4 aromatic rings. The molecule has 11 heteroatoms. The van der Waals surface area contributed by atoms with E-state index in [0.717, 1.165) is 42.9 Å². The lowest BCUT2D eigenvalue weighted by molar-refractivity contribution is -0.127. The smallest absolute Gasteiger partial charge is 0.245 e. The number of aldehydes is 1. The van der Waals surface area contributed by atoms with Crippen molar-refractivity contribution in [2.24, 2.45) is 5.92 Å². The van der Waals surface area contributed by atoms with Crippen molar-refractivity contribution in [3.05, 3.63) is 73.1 Å². The molecule has 1 amide bonds. The summed E-state index contributed by atoms with van der Waals surface area (Å²) >= 11 is 0. The summed E-state index contributed by atoms with van der Waals surface area (Å²) < 4.78 is 20.8. The predicted molar refractivity (Wildman–Crippen MR) is 155 cm³/mol. The third kappa shape index (κ3) is 6.68. The molecule has 2 fully saturated rings. The number of halogens is 1. The van der Waals surface area contributed by atoms with Crippen LogP contribution in [0.3, 0.4) is 0 Å². The summed E-state index contributed by atoms with van der Waals surface area (Å²) in [6.07, 6.45) is 11.3. The zero-order chi connectivity index (χ0) is 28.8. The van der Waals surface area contributed by atoms with E-state index < -0.39 is 5.82 Å². The van der Waals surface area contributed by atoms with E-state index in [1.165, 1.54) is 18.5 Å². The predicted octanol–water partition coefficient (Wildman–Crippen LogP) is 5.56. The Bertz CT molecular complexity index is 1540. The molecule has 212 valence electrons. The summed E-state index contributed by atoms with van der Waals surface area (Å²) in [7, 11) is 1.76. The molecule has 1 saturated heterocycles. The summed E-state index contributed by atoms with van der Waals surface area (Å²) in [4.78, 5) is 39.4. The fourth-order valence-electron chi connectivity index (χ4n) is 4.71. The highest BCUT2D eigenvalue weighted by atomic mass is 19.1. The first-order valence-corrected chi connectivity index (χ1v) is 13.6. The Morgan fingerprint density at radius 2 is 1.90 bits per heavy atom. The molecule has 0 unspecified atom stereocenters. The third-order valence-electron chi connectivity index (χ3n) is 7.15. The van der Waals surface area contributed by atoms with Crippen LogP contribution in [0.5, 0.6) is 11.5 Å². The summed E-state index contributed by atoms with van der Waals surface area (Å²) in [5.41, 5.74) is 1.99. The number of aromatic amines is 1. The van der Waals surface area contributed by atoms with E-state index in [9.17, 15) is 9.59 Å². The maximum Gasteiger partial charge on any atom is 0.245 e. The fraction of sp³-hybridized carbons (Fsp3) is 0.300. The van der Waals surface area contributed by atoms with Crippen molar-refractivity contribution >= 4 is 40.5 Å². The van der Waals surface area contributed by atoms with Crippen LogP contribution in [0.4, 0.5) is 21.7 Å². The van der Waals surface area contributed by atoms with Crippen molar-refractivity contribution in [2.75, 3.05) is 30.8 Å². The highest BCUT2D eigenvalue weighted by Gasteiger charge is 2.26. The Kier molecular flexibility index (Phi) is 8.52. The van der Waals surface area contributed by atoms with E-state index in [0.29, 0.717) is 47.8 Å². The normalized spacial score (nSPS) is 15.0. The van der Waals surface area contributed by atoms with Crippen LogP contribution in [0.2, 0.25) is 0 Å². The van der Waals surface area contributed by atoms with Gasteiger partial charge in [0.05, 0.1) is 11.1 Å². The molecule has 1 aliphatic heterocycles.